The quantitative estimate of drug-likeness (QED) is 0.630. The minimum atomic E-state index is -3.86. The maximum absolute atomic E-state index is 13.1. The van der Waals surface area contributed by atoms with E-state index in [0.717, 1.165) is 29.7 Å². The molecule has 0 radical (unpaired) electrons. The fourth-order valence-corrected chi connectivity index (χ4v) is 5.98. The Morgan fingerprint density at radius 2 is 1.93 bits per heavy atom. The van der Waals surface area contributed by atoms with Crippen LogP contribution in [0.2, 0.25) is 0 Å². The molecule has 4 rings (SSSR count). The zero-order chi connectivity index (χ0) is 20.6. The highest BCUT2D eigenvalue weighted by molar-refractivity contribution is 7.89. The molecule has 1 atom stereocenters. The van der Waals surface area contributed by atoms with Crippen molar-refractivity contribution >= 4 is 27.3 Å². The van der Waals surface area contributed by atoms with Gasteiger partial charge in [-0.3, -0.25) is 4.79 Å². The molecule has 0 aliphatic heterocycles. The van der Waals surface area contributed by atoms with Gasteiger partial charge in [0.2, 0.25) is 10.0 Å². The summed E-state index contributed by atoms with van der Waals surface area (Å²) in [4.78, 5) is 12.5. The maximum atomic E-state index is 13.1. The standard InChI is InChI=1S/C21H23N3O3S2/c1-24-13-17(12-18(24)21(22)25)29(26,27)23-20(19-7-4-10-28-19)16-9-8-14-5-2-3-6-15(14)11-16/h4,7-13,20,23H,2-3,5-6H2,1H3,(H2,22,25). The van der Waals surface area contributed by atoms with Gasteiger partial charge in [0, 0.05) is 18.1 Å². The van der Waals surface area contributed by atoms with Gasteiger partial charge in [-0.1, -0.05) is 24.3 Å². The Bertz CT molecular complexity index is 1150. The summed E-state index contributed by atoms with van der Waals surface area (Å²) < 4.78 is 30.5. The van der Waals surface area contributed by atoms with Gasteiger partial charge < -0.3 is 10.3 Å². The van der Waals surface area contributed by atoms with Gasteiger partial charge in [0.05, 0.1) is 6.04 Å². The molecule has 152 valence electrons. The number of nitrogens with zero attached hydrogens (tertiary/aromatic N) is 1. The van der Waals surface area contributed by atoms with Crippen molar-refractivity contribution in [2.45, 2.75) is 36.6 Å². The molecule has 1 aromatic carbocycles. The van der Waals surface area contributed by atoms with Crippen LogP contribution in [-0.4, -0.2) is 18.9 Å². The molecule has 1 amide bonds. The minimum absolute atomic E-state index is 0.0216. The molecule has 29 heavy (non-hydrogen) atoms. The van der Waals surface area contributed by atoms with E-state index in [-0.39, 0.29) is 10.6 Å². The van der Waals surface area contributed by atoms with Gasteiger partial charge in [-0.15, -0.1) is 11.3 Å². The van der Waals surface area contributed by atoms with E-state index in [1.54, 1.807) is 7.05 Å². The van der Waals surface area contributed by atoms with E-state index < -0.39 is 22.0 Å². The lowest BCUT2D eigenvalue weighted by atomic mass is 9.89. The third-order valence-electron chi connectivity index (χ3n) is 5.35. The van der Waals surface area contributed by atoms with E-state index in [0.29, 0.717) is 0 Å². The molecule has 0 fully saturated rings. The molecule has 1 aliphatic carbocycles. The van der Waals surface area contributed by atoms with Gasteiger partial charge in [0.25, 0.3) is 5.91 Å². The first-order valence-corrected chi connectivity index (χ1v) is 11.8. The molecule has 0 spiro atoms. The smallest absolute Gasteiger partial charge is 0.265 e. The van der Waals surface area contributed by atoms with Crippen LogP contribution in [0.5, 0.6) is 0 Å². The van der Waals surface area contributed by atoms with Crippen LogP contribution in [0.15, 0.2) is 52.9 Å². The summed E-state index contributed by atoms with van der Waals surface area (Å²) in [7, 11) is -2.27. The summed E-state index contributed by atoms with van der Waals surface area (Å²) in [5.41, 5.74) is 9.04. The van der Waals surface area contributed by atoms with E-state index in [1.165, 1.54) is 45.7 Å². The monoisotopic (exact) mass is 429 g/mol. The number of aryl methyl sites for hydroxylation is 3. The van der Waals surface area contributed by atoms with Crippen LogP contribution in [-0.2, 0) is 29.9 Å². The van der Waals surface area contributed by atoms with Gasteiger partial charge in [-0.25, -0.2) is 8.42 Å². The van der Waals surface area contributed by atoms with Crippen molar-refractivity contribution in [3.63, 3.8) is 0 Å². The molecule has 1 aliphatic rings. The number of nitrogens with one attached hydrogen (secondary N) is 1. The number of fused-ring (bicyclic) bond motifs is 1. The number of hydrogen-bond donors (Lipinski definition) is 2. The predicted octanol–water partition coefficient (Wildman–Crippen LogP) is 3.13. The van der Waals surface area contributed by atoms with Gasteiger partial charge in [-0.05, 0) is 59.9 Å². The van der Waals surface area contributed by atoms with Gasteiger partial charge in [0.15, 0.2) is 0 Å². The van der Waals surface area contributed by atoms with Crippen molar-refractivity contribution in [2.24, 2.45) is 12.8 Å². The number of sulfonamides is 1. The SMILES string of the molecule is Cn1cc(S(=O)(=O)NC(c2ccc3c(c2)CCCC3)c2cccs2)cc1C(N)=O. The molecule has 6 nitrogen and oxygen atoms in total. The summed E-state index contributed by atoms with van der Waals surface area (Å²) in [5, 5.41) is 1.93. The number of carbonyl (C=O) groups excluding carboxylic acids is 1. The molecule has 2 heterocycles. The van der Waals surface area contributed by atoms with Crippen molar-refractivity contribution < 1.29 is 13.2 Å². The third kappa shape index (κ3) is 4.01. The molecule has 1 unspecified atom stereocenters. The second-order valence-corrected chi connectivity index (χ2v) is 10.0. The number of primary amides is 1. The minimum Gasteiger partial charge on any atom is -0.364 e. The predicted molar refractivity (Wildman–Crippen MR) is 113 cm³/mol. The van der Waals surface area contributed by atoms with Crippen LogP contribution in [0, 0.1) is 0 Å². The Labute approximate surface area is 174 Å². The normalized spacial score (nSPS) is 15.1. The molecule has 3 aromatic rings. The number of nitrogens with two attached hydrogens (primary N) is 1. The van der Waals surface area contributed by atoms with Crippen LogP contribution in [0.4, 0.5) is 0 Å². The van der Waals surface area contributed by atoms with Gasteiger partial charge >= 0.3 is 0 Å². The zero-order valence-electron chi connectivity index (χ0n) is 16.1. The summed E-state index contributed by atoms with van der Waals surface area (Å²) in [5.74, 6) is -0.668. The Morgan fingerprint density at radius 3 is 2.59 bits per heavy atom. The first-order chi connectivity index (χ1) is 13.8. The maximum Gasteiger partial charge on any atom is 0.265 e. The van der Waals surface area contributed by atoms with Crippen LogP contribution in [0.1, 0.15) is 50.9 Å². The fourth-order valence-electron chi connectivity index (χ4n) is 3.83. The second kappa shape index (κ2) is 7.78. The molecule has 2 aromatic heterocycles. The van der Waals surface area contributed by atoms with E-state index in [2.05, 4.69) is 16.9 Å². The largest absolute Gasteiger partial charge is 0.364 e. The average molecular weight is 430 g/mol. The summed E-state index contributed by atoms with van der Waals surface area (Å²) in [6.45, 7) is 0. The van der Waals surface area contributed by atoms with E-state index >= 15 is 0 Å². The second-order valence-electron chi connectivity index (χ2n) is 7.34. The van der Waals surface area contributed by atoms with E-state index in [1.807, 2.05) is 23.6 Å². The Morgan fingerprint density at radius 1 is 1.17 bits per heavy atom. The third-order valence-corrected chi connectivity index (χ3v) is 7.68. The van der Waals surface area contributed by atoms with Crippen LogP contribution >= 0.6 is 11.3 Å². The Hall–Kier alpha value is -2.42. The molecular formula is C21H23N3O3S2. The van der Waals surface area contributed by atoms with Crippen molar-refractivity contribution in [1.29, 1.82) is 0 Å². The Kier molecular flexibility index (Phi) is 5.33. The van der Waals surface area contributed by atoms with E-state index in [4.69, 9.17) is 5.73 Å². The first kappa shape index (κ1) is 19.9. The molecule has 8 heteroatoms. The number of thiophene rings is 1. The molecule has 0 bridgehead atoms. The summed E-state index contributed by atoms with van der Waals surface area (Å²) in [6, 6.07) is 10.9. The average Bonchev–Trinajstić information content (AvgIpc) is 3.36. The number of aromatic nitrogens is 1. The molecule has 3 N–H and O–H groups in total. The van der Waals surface area contributed by atoms with Crippen LogP contribution < -0.4 is 10.5 Å². The van der Waals surface area contributed by atoms with Crippen molar-refractivity contribution in [3.05, 3.63) is 75.2 Å². The number of benzene rings is 1. The highest BCUT2D eigenvalue weighted by atomic mass is 32.2. The lowest BCUT2D eigenvalue weighted by molar-refractivity contribution is 0.0992. The molecule has 0 saturated carbocycles. The van der Waals surface area contributed by atoms with E-state index in [9.17, 15) is 13.2 Å². The number of hydrogen-bond acceptors (Lipinski definition) is 4. The van der Waals surface area contributed by atoms with Crippen LogP contribution in [0.3, 0.4) is 0 Å². The van der Waals surface area contributed by atoms with Crippen LogP contribution in [0.25, 0.3) is 0 Å². The lowest BCUT2D eigenvalue weighted by Crippen LogP contribution is -2.29. The fraction of sp³-hybridized carbons (Fsp3) is 0.286. The number of carbonyl (C=O) groups is 1. The topological polar surface area (TPSA) is 94.2 Å². The Balaban J connectivity index is 1.72. The summed E-state index contributed by atoms with van der Waals surface area (Å²) >= 11 is 1.51. The summed E-state index contributed by atoms with van der Waals surface area (Å²) in [6.07, 6.45) is 5.86. The number of rotatable bonds is 6. The lowest BCUT2D eigenvalue weighted by Gasteiger charge is -2.22. The van der Waals surface area contributed by atoms with Crippen molar-refractivity contribution in [2.75, 3.05) is 0 Å². The molecular weight excluding hydrogens is 406 g/mol. The zero-order valence-corrected chi connectivity index (χ0v) is 17.7. The highest BCUT2D eigenvalue weighted by Crippen LogP contribution is 2.31. The number of amides is 1. The van der Waals surface area contributed by atoms with Crippen molar-refractivity contribution in [1.82, 2.24) is 9.29 Å². The van der Waals surface area contributed by atoms with Crippen molar-refractivity contribution in [3.8, 4) is 0 Å². The first-order valence-electron chi connectivity index (χ1n) is 9.49. The molecule has 0 saturated heterocycles. The highest BCUT2D eigenvalue weighted by Gasteiger charge is 2.26. The van der Waals surface area contributed by atoms with Gasteiger partial charge in [-0.2, -0.15) is 4.72 Å². The van der Waals surface area contributed by atoms with Gasteiger partial charge in [0.1, 0.15) is 10.6 Å².